The fourth-order valence-corrected chi connectivity index (χ4v) is 1.76. The third-order valence-electron chi connectivity index (χ3n) is 2.50. The van der Waals surface area contributed by atoms with E-state index in [1.54, 1.807) is 0 Å². The Kier molecular flexibility index (Phi) is 3.84. The molecule has 0 heterocycles. The molecule has 0 fully saturated rings. The average molecular weight is 278 g/mol. The van der Waals surface area contributed by atoms with Crippen molar-refractivity contribution in [2.75, 3.05) is 0 Å². The summed E-state index contributed by atoms with van der Waals surface area (Å²) in [4.78, 5) is 0.379. The van der Waals surface area contributed by atoms with Crippen LogP contribution in [0.15, 0.2) is 42.5 Å². The van der Waals surface area contributed by atoms with Crippen molar-refractivity contribution in [3.05, 3.63) is 58.6 Å². The maximum Gasteiger partial charge on any atom is 0.127 e. The first-order valence-corrected chi connectivity index (χ1v) is 6.19. The minimum atomic E-state index is 0.379. The second-order valence-electron chi connectivity index (χ2n) is 3.90. The monoisotopic (exact) mass is 277 g/mol. The molecule has 0 radical (unpaired) electrons. The Labute approximate surface area is 116 Å². The Hall–Kier alpha value is -1.58. The summed E-state index contributed by atoms with van der Waals surface area (Å²) in [6, 6.07) is 12.9. The van der Waals surface area contributed by atoms with Gasteiger partial charge in [-0.05, 0) is 55.0 Å². The lowest BCUT2D eigenvalue weighted by molar-refractivity contribution is 0.482. The van der Waals surface area contributed by atoms with E-state index in [2.05, 4.69) is 0 Å². The molecule has 0 spiro atoms. The van der Waals surface area contributed by atoms with Crippen molar-refractivity contribution in [1.29, 1.82) is 0 Å². The van der Waals surface area contributed by atoms with E-state index >= 15 is 0 Å². The highest BCUT2D eigenvalue weighted by atomic mass is 35.5. The van der Waals surface area contributed by atoms with Gasteiger partial charge in [-0.3, -0.25) is 0 Å². The lowest BCUT2D eigenvalue weighted by Crippen LogP contribution is -2.08. The van der Waals surface area contributed by atoms with Gasteiger partial charge in [0.2, 0.25) is 0 Å². The first kappa shape index (κ1) is 12.9. The van der Waals surface area contributed by atoms with E-state index < -0.39 is 0 Å². The quantitative estimate of drug-likeness (QED) is 0.859. The van der Waals surface area contributed by atoms with E-state index in [1.165, 1.54) is 0 Å². The summed E-state index contributed by atoms with van der Waals surface area (Å²) in [5.74, 6) is 1.48. The van der Waals surface area contributed by atoms with Crippen LogP contribution in [0.3, 0.4) is 0 Å². The number of hydrogen-bond donors (Lipinski definition) is 1. The van der Waals surface area contributed by atoms with Crippen LogP contribution < -0.4 is 10.5 Å². The van der Waals surface area contributed by atoms with E-state index in [0.29, 0.717) is 4.99 Å². The molecule has 2 nitrogen and oxygen atoms in total. The summed E-state index contributed by atoms with van der Waals surface area (Å²) < 4.78 is 5.71. The molecule has 0 aromatic heterocycles. The number of halogens is 1. The van der Waals surface area contributed by atoms with Crippen molar-refractivity contribution in [3.8, 4) is 11.5 Å². The topological polar surface area (TPSA) is 35.2 Å². The SMILES string of the molecule is Cc1cc(Oc2ccc(C(N)=S)cc2)ccc1Cl. The molecule has 18 heavy (non-hydrogen) atoms. The maximum atomic E-state index is 5.96. The van der Waals surface area contributed by atoms with Gasteiger partial charge in [0.15, 0.2) is 0 Å². The van der Waals surface area contributed by atoms with Gasteiger partial charge in [0.25, 0.3) is 0 Å². The molecular formula is C14H12ClNOS. The van der Waals surface area contributed by atoms with Crippen LogP contribution in [0.25, 0.3) is 0 Å². The van der Waals surface area contributed by atoms with Crippen molar-refractivity contribution < 1.29 is 4.74 Å². The van der Waals surface area contributed by atoms with Gasteiger partial charge < -0.3 is 10.5 Å². The summed E-state index contributed by atoms with van der Waals surface area (Å²) in [6.45, 7) is 1.94. The molecule has 2 rings (SSSR count). The Morgan fingerprint density at radius 2 is 1.72 bits per heavy atom. The summed E-state index contributed by atoms with van der Waals surface area (Å²) in [5.41, 5.74) is 7.33. The Bertz CT molecular complexity index is 581. The summed E-state index contributed by atoms with van der Waals surface area (Å²) in [5, 5.41) is 0.728. The van der Waals surface area contributed by atoms with Crippen molar-refractivity contribution in [2.24, 2.45) is 5.73 Å². The minimum absolute atomic E-state index is 0.379. The normalized spacial score (nSPS) is 10.1. The Balaban J connectivity index is 2.18. The molecule has 0 atom stereocenters. The number of ether oxygens (including phenoxy) is 1. The zero-order valence-corrected chi connectivity index (χ0v) is 11.4. The number of benzene rings is 2. The first-order chi connectivity index (χ1) is 8.56. The average Bonchev–Trinajstić information content (AvgIpc) is 2.34. The predicted octanol–water partition coefficient (Wildman–Crippen LogP) is 4.07. The van der Waals surface area contributed by atoms with Crippen LogP contribution in [0.5, 0.6) is 11.5 Å². The fourth-order valence-electron chi connectivity index (χ4n) is 1.50. The van der Waals surface area contributed by atoms with Gasteiger partial charge in [0, 0.05) is 10.6 Å². The van der Waals surface area contributed by atoms with Gasteiger partial charge in [-0.25, -0.2) is 0 Å². The molecule has 92 valence electrons. The number of rotatable bonds is 3. The van der Waals surface area contributed by atoms with Crippen molar-refractivity contribution in [2.45, 2.75) is 6.92 Å². The Morgan fingerprint density at radius 1 is 1.11 bits per heavy atom. The van der Waals surface area contributed by atoms with Gasteiger partial charge in [0.05, 0.1) is 0 Å². The van der Waals surface area contributed by atoms with E-state index in [4.69, 9.17) is 34.3 Å². The minimum Gasteiger partial charge on any atom is -0.457 e. The number of thiocarbonyl (C=S) groups is 1. The smallest absolute Gasteiger partial charge is 0.127 e. The molecular weight excluding hydrogens is 266 g/mol. The van der Waals surface area contributed by atoms with Crippen molar-refractivity contribution in [3.63, 3.8) is 0 Å². The molecule has 0 aliphatic rings. The standard InChI is InChI=1S/C14H12ClNOS/c1-9-8-12(6-7-13(9)15)17-11-4-2-10(3-5-11)14(16)18/h2-8H,1H3,(H2,16,18). The zero-order valence-electron chi connectivity index (χ0n) is 9.81. The van der Waals surface area contributed by atoms with Crippen LogP contribution in [0.2, 0.25) is 5.02 Å². The van der Waals surface area contributed by atoms with Gasteiger partial charge in [-0.2, -0.15) is 0 Å². The molecule has 2 aromatic rings. The molecule has 2 aromatic carbocycles. The lowest BCUT2D eigenvalue weighted by Gasteiger charge is -2.07. The third-order valence-corrected chi connectivity index (χ3v) is 3.16. The highest BCUT2D eigenvalue weighted by Crippen LogP contribution is 2.26. The molecule has 4 heteroatoms. The maximum absolute atomic E-state index is 5.96. The molecule has 0 bridgehead atoms. The van der Waals surface area contributed by atoms with E-state index in [1.807, 2.05) is 49.4 Å². The van der Waals surface area contributed by atoms with Crippen molar-refractivity contribution in [1.82, 2.24) is 0 Å². The highest BCUT2D eigenvalue weighted by Gasteiger charge is 2.01. The fraction of sp³-hybridized carbons (Fsp3) is 0.0714. The number of aryl methyl sites for hydroxylation is 1. The molecule has 0 saturated heterocycles. The molecule has 0 saturated carbocycles. The van der Waals surface area contributed by atoms with Gasteiger partial charge in [-0.1, -0.05) is 23.8 Å². The highest BCUT2D eigenvalue weighted by molar-refractivity contribution is 7.80. The van der Waals surface area contributed by atoms with Gasteiger partial charge >= 0.3 is 0 Å². The molecule has 0 aliphatic heterocycles. The molecule has 0 unspecified atom stereocenters. The second-order valence-corrected chi connectivity index (χ2v) is 4.75. The van der Waals surface area contributed by atoms with Gasteiger partial charge in [-0.15, -0.1) is 0 Å². The summed E-state index contributed by atoms with van der Waals surface area (Å²) in [6.07, 6.45) is 0. The number of hydrogen-bond acceptors (Lipinski definition) is 2. The lowest BCUT2D eigenvalue weighted by atomic mass is 10.2. The largest absolute Gasteiger partial charge is 0.457 e. The van der Waals surface area contributed by atoms with E-state index in [0.717, 1.165) is 27.6 Å². The first-order valence-electron chi connectivity index (χ1n) is 5.40. The Morgan fingerprint density at radius 3 is 2.28 bits per heavy atom. The molecule has 0 amide bonds. The van der Waals surface area contributed by atoms with Crippen LogP contribution in [-0.4, -0.2) is 4.99 Å². The summed E-state index contributed by atoms with van der Waals surface area (Å²) in [7, 11) is 0. The third kappa shape index (κ3) is 3.00. The number of nitrogens with two attached hydrogens (primary N) is 1. The van der Waals surface area contributed by atoms with Crippen LogP contribution in [-0.2, 0) is 0 Å². The van der Waals surface area contributed by atoms with E-state index in [9.17, 15) is 0 Å². The van der Waals surface area contributed by atoms with Crippen LogP contribution in [0.4, 0.5) is 0 Å². The van der Waals surface area contributed by atoms with Crippen LogP contribution >= 0.6 is 23.8 Å². The second kappa shape index (κ2) is 5.38. The van der Waals surface area contributed by atoms with E-state index in [-0.39, 0.29) is 0 Å². The van der Waals surface area contributed by atoms with Crippen molar-refractivity contribution >= 4 is 28.8 Å². The predicted molar refractivity (Wildman–Crippen MR) is 78.6 cm³/mol. The van der Waals surface area contributed by atoms with Crippen LogP contribution in [0.1, 0.15) is 11.1 Å². The van der Waals surface area contributed by atoms with Crippen LogP contribution in [0, 0.1) is 6.92 Å². The zero-order chi connectivity index (χ0) is 13.1. The molecule has 2 N–H and O–H groups in total. The molecule has 0 aliphatic carbocycles. The summed E-state index contributed by atoms with van der Waals surface area (Å²) >= 11 is 10.8. The van der Waals surface area contributed by atoms with Gasteiger partial charge in [0.1, 0.15) is 16.5 Å².